The number of ether oxygens (including phenoxy) is 1. The Hall–Kier alpha value is -2.44. The summed E-state index contributed by atoms with van der Waals surface area (Å²) < 4.78 is 29.2. The first-order chi connectivity index (χ1) is 15.3. The summed E-state index contributed by atoms with van der Waals surface area (Å²) >= 11 is 3.71. The Kier molecular flexibility index (Phi) is 8.26. The van der Waals surface area contributed by atoms with E-state index in [-0.39, 0.29) is 41.9 Å². The van der Waals surface area contributed by atoms with Crippen molar-refractivity contribution in [3.63, 3.8) is 0 Å². The van der Waals surface area contributed by atoms with Gasteiger partial charge in [-0.05, 0) is 18.2 Å². The number of rotatable bonds is 10. The minimum absolute atomic E-state index is 0.130. The predicted molar refractivity (Wildman–Crippen MR) is 127 cm³/mol. The van der Waals surface area contributed by atoms with Crippen molar-refractivity contribution in [3.05, 3.63) is 58.1 Å². The molecule has 32 heavy (non-hydrogen) atoms. The second-order valence-electron chi connectivity index (χ2n) is 6.88. The molecule has 0 bridgehead atoms. The summed E-state index contributed by atoms with van der Waals surface area (Å²) in [5.74, 6) is 2.56. The van der Waals surface area contributed by atoms with Gasteiger partial charge >= 0.3 is 0 Å². The molecule has 1 aliphatic heterocycles. The molecule has 0 unspecified atom stereocenters. The van der Waals surface area contributed by atoms with Gasteiger partial charge in [0.2, 0.25) is 0 Å². The van der Waals surface area contributed by atoms with Crippen molar-refractivity contribution in [2.75, 3.05) is 42.8 Å². The van der Waals surface area contributed by atoms with Crippen molar-refractivity contribution in [3.8, 4) is 5.75 Å². The summed E-state index contributed by atoms with van der Waals surface area (Å²) in [5, 5.41) is 16.8. The standard InChI is InChI=1S/C20H23N3O6S3/c1-32(27,28)14-6-7-16(17(12-14)23(25)26)21-8-9-22-19(24)13-29-18-5-3-2-4-15(18)20-30-10-11-31-20/h2-7,12,20-21H,8-11,13H2,1H3,(H,22,24). The molecule has 2 N–H and O–H groups in total. The molecule has 1 fully saturated rings. The maximum atomic E-state index is 12.1. The molecule has 0 atom stereocenters. The number of benzene rings is 2. The van der Waals surface area contributed by atoms with Gasteiger partial charge < -0.3 is 15.4 Å². The van der Waals surface area contributed by atoms with E-state index in [1.54, 1.807) is 0 Å². The van der Waals surface area contributed by atoms with Crippen molar-refractivity contribution in [2.45, 2.75) is 9.48 Å². The largest absolute Gasteiger partial charge is 0.483 e. The topological polar surface area (TPSA) is 128 Å². The van der Waals surface area contributed by atoms with Crippen LogP contribution in [-0.4, -0.2) is 56.7 Å². The maximum Gasteiger partial charge on any atom is 0.293 e. The zero-order valence-electron chi connectivity index (χ0n) is 17.3. The fourth-order valence-electron chi connectivity index (χ4n) is 2.98. The highest BCUT2D eigenvalue weighted by Gasteiger charge is 2.22. The van der Waals surface area contributed by atoms with Crippen LogP contribution in [0.25, 0.3) is 0 Å². The Morgan fingerprint density at radius 2 is 1.91 bits per heavy atom. The van der Waals surface area contributed by atoms with E-state index in [0.29, 0.717) is 10.3 Å². The SMILES string of the molecule is CS(=O)(=O)c1ccc(NCCNC(=O)COc2ccccc2C2SCCS2)c([N+](=O)[O-])c1. The summed E-state index contributed by atoms with van der Waals surface area (Å²) in [5.41, 5.74) is 0.898. The number of hydrogen-bond acceptors (Lipinski definition) is 9. The first-order valence-electron chi connectivity index (χ1n) is 9.69. The molecule has 2 aromatic carbocycles. The fraction of sp³-hybridized carbons (Fsp3) is 0.350. The summed E-state index contributed by atoms with van der Waals surface area (Å²) in [7, 11) is -3.56. The lowest BCUT2D eigenvalue weighted by Crippen LogP contribution is -2.32. The van der Waals surface area contributed by atoms with Gasteiger partial charge in [-0.3, -0.25) is 14.9 Å². The lowest BCUT2D eigenvalue weighted by Gasteiger charge is -2.15. The number of nitrogens with one attached hydrogen (secondary N) is 2. The highest BCUT2D eigenvalue weighted by Crippen LogP contribution is 2.48. The van der Waals surface area contributed by atoms with E-state index in [1.165, 1.54) is 12.1 Å². The minimum atomic E-state index is -3.56. The van der Waals surface area contributed by atoms with Gasteiger partial charge in [0.15, 0.2) is 16.4 Å². The Morgan fingerprint density at radius 1 is 1.19 bits per heavy atom. The smallest absolute Gasteiger partial charge is 0.293 e. The van der Waals surface area contributed by atoms with E-state index in [4.69, 9.17) is 4.74 Å². The average Bonchev–Trinajstić information content (AvgIpc) is 3.29. The summed E-state index contributed by atoms with van der Waals surface area (Å²) in [6.07, 6.45) is 0.987. The molecule has 0 saturated carbocycles. The lowest BCUT2D eigenvalue weighted by atomic mass is 10.2. The number of carbonyl (C=O) groups is 1. The van der Waals surface area contributed by atoms with Crippen molar-refractivity contribution >= 4 is 50.6 Å². The molecular formula is C20H23N3O6S3. The summed E-state index contributed by atoms with van der Waals surface area (Å²) in [4.78, 5) is 22.6. The minimum Gasteiger partial charge on any atom is -0.483 e. The molecule has 0 aliphatic carbocycles. The zero-order chi connectivity index (χ0) is 23.1. The second kappa shape index (κ2) is 10.9. The number of para-hydroxylation sites is 1. The van der Waals surface area contributed by atoms with Crippen molar-refractivity contribution in [1.29, 1.82) is 0 Å². The van der Waals surface area contributed by atoms with Gasteiger partial charge in [-0.2, -0.15) is 0 Å². The Morgan fingerprint density at radius 3 is 2.59 bits per heavy atom. The third kappa shape index (κ3) is 6.53. The number of thioether (sulfide) groups is 2. The van der Waals surface area contributed by atoms with Crippen LogP contribution in [0.5, 0.6) is 5.75 Å². The molecule has 1 aliphatic rings. The number of hydrogen-bond donors (Lipinski definition) is 2. The number of sulfone groups is 1. The molecule has 3 rings (SSSR count). The van der Waals surface area contributed by atoms with Crippen LogP contribution in [0.15, 0.2) is 47.4 Å². The van der Waals surface area contributed by atoms with Crippen LogP contribution >= 0.6 is 23.5 Å². The number of nitro benzene ring substituents is 1. The number of amides is 1. The van der Waals surface area contributed by atoms with E-state index in [2.05, 4.69) is 10.6 Å². The van der Waals surface area contributed by atoms with E-state index in [9.17, 15) is 23.3 Å². The Bertz CT molecular complexity index is 1090. The van der Waals surface area contributed by atoms with Crippen LogP contribution in [0.3, 0.4) is 0 Å². The van der Waals surface area contributed by atoms with Gasteiger partial charge in [0.05, 0.1) is 14.4 Å². The van der Waals surface area contributed by atoms with Crippen LogP contribution in [0.2, 0.25) is 0 Å². The molecule has 0 aromatic heterocycles. The fourth-order valence-corrected chi connectivity index (χ4v) is 6.53. The van der Waals surface area contributed by atoms with Crippen LogP contribution in [0, 0.1) is 10.1 Å². The molecule has 1 heterocycles. The van der Waals surface area contributed by atoms with Gasteiger partial charge in [-0.1, -0.05) is 18.2 Å². The number of nitrogens with zero attached hydrogens (tertiary/aromatic N) is 1. The van der Waals surface area contributed by atoms with Crippen LogP contribution < -0.4 is 15.4 Å². The molecule has 0 spiro atoms. The van der Waals surface area contributed by atoms with Crippen LogP contribution in [-0.2, 0) is 14.6 Å². The average molecular weight is 498 g/mol. The Balaban J connectivity index is 1.49. The van der Waals surface area contributed by atoms with E-state index >= 15 is 0 Å². The van der Waals surface area contributed by atoms with Gasteiger partial charge in [0, 0.05) is 42.5 Å². The van der Waals surface area contributed by atoms with E-state index in [0.717, 1.165) is 29.4 Å². The van der Waals surface area contributed by atoms with Crippen molar-refractivity contribution in [2.24, 2.45) is 0 Å². The second-order valence-corrected chi connectivity index (χ2v) is 11.6. The van der Waals surface area contributed by atoms with Gasteiger partial charge in [-0.25, -0.2) is 8.42 Å². The molecular weight excluding hydrogens is 474 g/mol. The molecule has 12 heteroatoms. The monoisotopic (exact) mass is 497 g/mol. The third-order valence-electron chi connectivity index (χ3n) is 4.51. The first-order valence-corrected chi connectivity index (χ1v) is 13.7. The van der Waals surface area contributed by atoms with Crippen LogP contribution in [0.1, 0.15) is 10.1 Å². The normalized spacial score (nSPS) is 14.2. The third-order valence-corrected chi connectivity index (χ3v) is 8.69. The van der Waals surface area contributed by atoms with E-state index < -0.39 is 14.8 Å². The van der Waals surface area contributed by atoms with Gasteiger partial charge in [0.1, 0.15) is 11.4 Å². The molecule has 172 valence electrons. The van der Waals surface area contributed by atoms with Crippen molar-refractivity contribution < 1.29 is 22.9 Å². The summed E-state index contributed by atoms with van der Waals surface area (Å²) in [6, 6.07) is 11.3. The highest BCUT2D eigenvalue weighted by molar-refractivity contribution is 8.19. The zero-order valence-corrected chi connectivity index (χ0v) is 19.7. The Labute approximate surface area is 194 Å². The molecule has 9 nitrogen and oxygen atoms in total. The molecule has 0 radical (unpaired) electrons. The number of anilines is 1. The van der Waals surface area contributed by atoms with E-state index in [1.807, 2.05) is 47.8 Å². The predicted octanol–water partition coefficient (Wildman–Crippen LogP) is 3.08. The van der Waals surface area contributed by atoms with Crippen molar-refractivity contribution in [1.82, 2.24) is 5.32 Å². The number of carbonyl (C=O) groups excluding carboxylic acids is 1. The van der Waals surface area contributed by atoms with Gasteiger partial charge in [0.25, 0.3) is 11.6 Å². The molecule has 1 amide bonds. The van der Waals surface area contributed by atoms with Crippen LogP contribution in [0.4, 0.5) is 11.4 Å². The van der Waals surface area contributed by atoms with Gasteiger partial charge in [-0.15, -0.1) is 23.5 Å². The quantitative estimate of drug-likeness (QED) is 0.289. The molecule has 1 saturated heterocycles. The maximum absolute atomic E-state index is 12.1. The first kappa shape index (κ1) is 24.2. The lowest BCUT2D eigenvalue weighted by molar-refractivity contribution is -0.384. The highest BCUT2D eigenvalue weighted by atomic mass is 32.2. The summed E-state index contributed by atoms with van der Waals surface area (Å²) in [6.45, 7) is 0.294. The number of nitro groups is 1. The molecule has 2 aromatic rings.